The molecule has 2 heteroatoms. The molecule has 0 aliphatic carbocycles. The number of anilines is 1. The number of rotatable bonds is 4. The van der Waals surface area contributed by atoms with Gasteiger partial charge in [0, 0.05) is 5.69 Å². The van der Waals surface area contributed by atoms with Crippen molar-refractivity contribution in [3.8, 4) is 5.75 Å². The highest BCUT2D eigenvalue weighted by molar-refractivity contribution is 5.42. The summed E-state index contributed by atoms with van der Waals surface area (Å²) < 4.78 is 5.34. The molecule has 2 aromatic rings. The molecule has 0 fully saturated rings. The average Bonchev–Trinajstić information content (AvgIpc) is 2.41. The molecule has 0 unspecified atom stereocenters. The Morgan fingerprint density at radius 3 is 2.28 bits per heavy atom. The third kappa shape index (κ3) is 2.83. The Balaban J connectivity index is 2.21. The van der Waals surface area contributed by atoms with E-state index in [2.05, 4.69) is 31.2 Å². The average molecular weight is 241 g/mol. The van der Waals surface area contributed by atoms with Gasteiger partial charge in [-0.3, -0.25) is 0 Å². The SMILES string of the molecule is CCc1cc(Cc2ccc(N)cc2)ccc1OC. The lowest BCUT2D eigenvalue weighted by atomic mass is 10.0. The fraction of sp³-hybridized carbons (Fsp3) is 0.250. The Bertz CT molecular complexity index is 517. The Labute approximate surface area is 108 Å². The van der Waals surface area contributed by atoms with Gasteiger partial charge in [0.05, 0.1) is 7.11 Å². The maximum absolute atomic E-state index is 5.69. The van der Waals surface area contributed by atoms with Gasteiger partial charge in [-0.15, -0.1) is 0 Å². The standard InChI is InChI=1S/C16H19NO/c1-3-14-11-13(6-9-16(14)18-2)10-12-4-7-15(17)8-5-12/h4-9,11H,3,10,17H2,1-2H3. The highest BCUT2D eigenvalue weighted by Crippen LogP contribution is 2.22. The van der Waals surface area contributed by atoms with Gasteiger partial charge in [0.2, 0.25) is 0 Å². The molecular formula is C16H19NO. The molecule has 0 bridgehead atoms. The predicted molar refractivity (Wildman–Crippen MR) is 76.0 cm³/mol. The van der Waals surface area contributed by atoms with Crippen LogP contribution in [0.5, 0.6) is 5.75 Å². The molecule has 0 atom stereocenters. The Morgan fingerprint density at radius 2 is 1.67 bits per heavy atom. The minimum absolute atomic E-state index is 0.808. The number of aryl methyl sites for hydroxylation is 1. The molecule has 0 amide bonds. The summed E-state index contributed by atoms with van der Waals surface area (Å²) >= 11 is 0. The second kappa shape index (κ2) is 5.58. The van der Waals surface area contributed by atoms with Crippen molar-refractivity contribution >= 4 is 5.69 Å². The van der Waals surface area contributed by atoms with Crippen molar-refractivity contribution in [3.05, 3.63) is 59.2 Å². The largest absolute Gasteiger partial charge is 0.496 e. The number of ether oxygens (including phenoxy) is 1. The molecule has 0 aliphatic rings. The van der Waals surface area contributed by atoms with Crippen molar-refractivity contribution in [2.75, 3.05) is 12.8 Å². The van der Waals surface area contributed by atoms with Crippen LogP contribution in [-0.2, 0) is 12.8 Å². The van der Waals surface area contributed by atoms with Crippen molar-refractivity contribution in [2.45, 2.75) is 19.8 Å². The number of nitrogen functional groups attached to an aromatic ring is 1. The molecule has 2 rings (SSSR count). The van der Waals surface area contributed by atoms with Crippen LogP contribution in [-0.4, -0.2) is 7.11 Å². The van der Waals surface area contributed by atoms with Crippen LogP contribution < -0.4 is 10.5 Å². The van der Waals surface area contributed by atoms with E-state index in [1.54, 1.807) is 7.11 Å². The second-order valence-corrected chi connectivity index (χ2v) is 4.42. The summed E-state index contributed by atoms with van der Waals surface area (Å²) in [5, 5.41) is 0. The highest BCUT2D eigenvalue weighted by Gasteiger charge is 2.03. The number of benzene rings is 2. The van der Waals surface area contributed by atoms with E-state index in [9.17, 15) is 0 Å². The predicted octanol–water partition coefficient (Wildman–Crippen LogP) is 3.43. The minimum atomic E-state index is 0.808. The van der Waals surface area contributed by atoms with Crippen LogP contribution in [0.2, 0.25) is 0 Å². The fourth-order valence-corrected chi connectivity index (χ4v) is 2.09. The van der Waals surface area contributed by atoms with Crippen molar-refractivity contribution in [1.29, 1.82) is 0 Å². The third-order valence-electron chi connectivity index (χ3n) is 3.11. The van der Waals surface area contributed by atoms with E-state index in [-0.39, 0.29) is 0 Å². The van der Waals surface area contributed by atoms with Crippen molar-refractivity contribution in [2.24, 2.45) is 0 Å². The number of nitrogens with two attached hydrogens (primary N) is 1. The van der Waals surface area contributed by atoms with Crippen LogP contribution in [0.15, 0.2) is 42.5 Å². The fourth-order valence-electron chi connectivity index (χ4n) is 2.09. The van der Waals surface area contributed by atoms with Crippen LogP contribution in [0.3, 0.4) is 0 Å². The van der Waals surface area contributed by atoms with Crippen molar-refractivity contribution in [3.63, 3.8) is 0 Å². The van der Waals surface area contributed by atoms with Crippen LogP contribution in [0, 0.1) is 0 Å². The van der Waals surface area contributed by atoms with E-state index in [0.717, 1.165) is 24.3 Å². The lowest BCUT2D eigenvalue weighted by Crippen LogP contribution is -1.94. The molecule has 0 spiro atoms. The zero-order valence-electron chi connectivity index (χ0n) is 10.9. The van der Waals surface area contributed by atoms with Crippen LogP contribution in [0.4, 0.5) is 5.69 Å². The molecule has 0 aliphatic heterocycles. The van der Waals surface area contributed by atoms with E-state index in [0.29, 0.717) is 0 Å². The smallest absolute Gasteiger partial charge is 0.122 e. The normalized spacial score (nSPS) is 10.3. The van der Waals surface area contributed by atoms with E-state index in [4.69, 9.17) is 10.5 Å². The zero-order valence-corrected chi connectivity index (χ0v) is 10.9. The van der Waals surface area contributed by atoms with E-state index < -0.39 is 0 Å². The van der Waals surface area contributed by atoms with Gasteiger partial charge in [0.15, 0.2) is 0 Å². The summed E-state index contributed by atoms with van der Waals surface area (Å²) in [7, 11) is 1.72. The topological polar surface area (TPSA) is 35.2 Å². The Hall–Kier alpha value is -1.96. The number of methoxy groups -OCH3 is 1. The minimum Gasteiger partial charge on any atom is -0.496 e. The van der Waals surface area contributed by atoms with Crippen LogP contribution in [0.25, 0.3) is 0 Å². The lowest BCUT2D eigenvalue weighted by molar-refractivity contribution is 0.410. The van der Waals surface area contributed by atoms with Gasteiger partial charge in [-0.25, -0.2) is 0 Å². The summed E-state index contributed by atoms with van der Waals surface area (Å²) in [4.78, 5) is 0. The monoisotopic (exact) mass is 241 g/mol. The molecule has 0 heterocycles. The first-order valence-electron chi connectivity index (χ1n) is 6.23. The number of hydrogen-bond donors (Lipinski definition) is 1. The first-order valence-corrected chi connectivity index (χ1v) is 6.23. The lowest BCUT2D eigenvalue weighted by Gasteiger charge is -2.09. The van der Waals surface area contributed by atoms with Gasteiger partial charge in [0.1, 0.15) is 5.75 Å². The van der Waals surface area contributed by atoms with Gasteiger partial charge < -0.3 is 10.5 Å². The molecule has 2 nitrogen and oxygen atoms in total. The molecule has 0 saturated heterocycles. The molecule has 0 radical (unpaired) electrons. The highest BCUT2D eigenvalue weighted by atomic mass is 16.5. The van der Waals surface area contributed by atoms with E-state index in [1.165, 1.54) is 16.7 Å². The van der Waals surface area contributed by atoms with Crippen molar-refractivity contribution in [1.82, 2.24) is 0 Å². The summed E-state index contributed by atoms with van der Waals surface area (Å²) in [5.41, 5.74) is 10.3. The summed E-state index contributed by atoms with van der Waals surface area (Å²) in [6.07, 6.45) is 1.91. The molecule has 18 heavy (non-hydrogen) atoms. The summed E-state index contributed by atoms with van der Waals surface area (Å²) in [6, 6.07) is 14.4. The zero-order chi connectivity index (χ0) is 13.0. The van der Waals surface area contributed by atoms with Crippen molar-refractivity contribution < 1.29 is 4.74 Å². The molecule has 0 aromatic heterocycles. The first-order chi connectivity index (χ1) is 8.72. The van der Waals surface area contributed by atoms with E-state index >= 15 is 0 Å². The van der Waals surface area contributed by atoms with Gasteiger partial charge in [-0.05, 0) is 47.7 Å². The molecule has 0 saturated carbocycles. The molecular weight excluding hydrogens is 222 g/mol. The Kier molecular flexibility index (Phi) is 3.88. The van der Waals surface area contributed by atoms with Crippen LogP contribution >= 0.6 is 0 Å². The van der Waals surface area contributed by atoms with Gasteiger partial charge in [-0.1, -0.05) is 31.2 Å². The number of hydrogen-bond acceptors (Lipinski definition) is 2. The van der Waals surface area contributed by atoms with Gasteiger partial charge in [0.25, 0.3) is 0 Å². The van der Waals surface area contributed by atoms with Gasteiger partial charge >= 0.3 is 0 Å². The second-order valence-electron chi connectivity index (χ2n) is 4.42. The van der Waals surface area contributed by atoms with Gasteiger partial charge in [-0.2, -0.15) is 0 Å². The van der Waals surface area contributed by atoms with Crippen LogP contribution in [0.1, 0.15) is 23.6 Å². The molecule has 2 N–H and O–H groups in total. The molecule has 94 valence electrons. The third-order valence-corrected chi connectivity index (χ3v) is 3.11. The summed E-state index contributed by atoms with van der Waals surface area (Å²) in [5.74, 6) is 0.971. The maximum Gasteiger partial charge on any atom is 0.122 e. The molecule has 2 aromatic carbocycles. The Morgan fingerprint density at radius 1 is 1.00 bits per heavy atom. The van der Waals surface area contributed by atoms with E-state index in [1.807, 2.05) is 18.2 Å². The first kappa shape index (κ1) is 12.5. The summed E-state index contributed by atoms with van der Waals surface area (Å²) in [6.45, 7) is 2.14. The maximum atomic E-state index is 5.69. The quantitative estimate of drug-likeness (QED) is 0.832.